The number of nitrogens with zero attached hydrogens (tertiary/aromatic N) is 2. The van der Waals surface area contributed by atoms with Gasteiger partial charge in [0.1, 0.15) is 0 Å². The standard InChI is InChI=1S/C18H18ClF3N2O4/c1-10(9-13(28-3)16(26)27)24(23-2)15(25)14-11(5-4-6-12(14)19)17(7-8-17)18(20,21)22/h4-6,13H,1-2,7-9H2,3H3,(H,26,27). The molecule has 1 saturated carbocycles. The second-order valence-corrected chi connectivity index (χ2v) is 6.74. The number of halogens is 4. The molecular weight excluding hydrogens is 401 g/mol. The van der Waals surface area contributed by atoms with Crippen molar-refractivity contribution in [1.82, 2.24) is 5.01 Å². The lowest BCUT2D eigenvalue weighted by molar-refractivity contribution is -0.160. The molecule has 0 spiro atoms. The van der Waals surface area contributed by atoms with Crippen LogP contribution in [0.3, 0.4) is 0 Å². The van der Waals surface area contributed by atoms with Crippen molar-refractivity contribution < 1.29 is 32.6 Å². The molecule has 0 aliphatic heterocycles. The van der Waals surface area contributed by atoms with E-state index < -0.39 is 29.6 Å². The molecule has 0 heterocycles. The molecule has 1 aliphatic carbocycles. The minimum atomic E-state index is -4.55. The predicted octanol–water partition coefficient (Wildman–Crippen LogP) is 4.00. The van der Waals surface area contributed by atoms with Crippen molar-refractivity contribution in [2.45, 2.75) is 37.0 Å². The minimum Gasteiger partial charge on any atom is -0.479 e. The third kappa shape index (κ3) is 3.90. The number of amides is 1. The van der Waals surface area contributed by atoms with E-state index in [1.54, 1.807) is 0 Å². The van der Waals surface area contributed by atoms with Gasteiger partial charge in [-0.25, -0.2) is 9.80 Å². The molecule has 152 valence electrons. The normalized spacial score (nSPS) is 16.2. The van der Waals surface area contributed by atoms with Crippen molar-refractivity contribution in [3.05, 3.63) is 46.6 Å². The molecule has 6 nitrogen and oxygen atoms in total. The molecule has 1 amide bonds. The SMILES string of the molecule is C=NN(C(=C)CC(OC)C(=O)O)C(=O)c1c(Cl)cccc1C1(C(F)(F)F)CC1. The summed E-state index contributed by atoms with van der Waals surface area (Å²) in [5.74, 6) is -2.27. The van der Waals surface area contributed by atoms with Gasteiger partial charge in [-0.05, 0) is 24.5 Å². The van der Waals surface area contributed by atoms with Crippen molar-refractivity contribution in [3.63, 3.8) is 0 Å². The third-order valence-electron chi connectivity index (χ3n) is 4.65. The summed E-state index contributed by atoms with van der Waals surface area (Å²) in [6.07, 6.45) is -6.53. The molecule has 1 N–H and O–H groups in total. The largest absolute Gasteiger partial charge is 0.479 e. The number of rotatable bonds is 8. The maximum Gasteiger partial charge on any atom is 0.398 e. The van der Waals surface area contributed by atoms with E-state index >= 15 is 0 Å². The van der Waals surface area contributed by atoms with Gasteiger partial charge in [0.25, 0.3) is 5.91 Å². The van der Waals surface area contributed by atoms with Crippen molar-refractivity contribution >= 4 is 30.2 Å². The number of carboxylic acid groups (broad SMARTS) is 1. The summed E-state index contributed by atoms with van der Waals surface area (Å²) in [5.41, 5.74) is -2.87. The zero-order valence-corrected chi connectivity index (χ0v) is 15.7. The number of aliphatic carboxylic acids is 1. The van der Waals surface area contributed by atoms with Gasteiger partial charge in [0.05, 0.1) is 16.0 Å². The number of hydrogen-bond acceptors (Lipinski definition) is 4. The Hall–Kier alpha value is -2.39. The first-order chi connectivity index (χ1) is 13.0. The highest BCUT2D eigenvalue weighted by Crippen LogP contribution is 2.60. The van der Waals surface area contributed by atoms with Crippen LogP contribution < -0.4 is 0 Å². The molecular formula is C18H18ClF3N2O4. The van der Waals surface area contributed by atoms with E-state index in [-0.39, 0.29) is 41.1 Å². The Balaban J connectivity index is 2.44. The van der Waals surface area contributed by atoms with Crippen LogP contribution in [0.2, 0.25) is 5.02 Å². The molecule has 0 aromatic heterocycles. The third-order valence-corrected chi connectivity index (χ3v) is 4.96. The Morgan fingerprint density at radius 1 is 1.43 bits per heavy atom. The molecule has 1 atom stereocenters. The van der Waals surface area contributed by atoms with E-state index in [2.05, 4.69) is 18.4 Å². The van der Waals surface area contributed by atoms with Gasteiger partial charge in [-0.1, -0.05) is 30.3 Å². The number of ether oxygens (including phenoxy) is 1. The molecule has 1 aromatic rings. The number of benzene rings is 1. The van der Waals surface area contributed by atoms with Gasteiger partial charge in [0.15, 0.2) is 6.10 Å². The maximum atomic E-state index is 13.6. The fourth-order valence-corrected chi connectivity index (χ4v) is 3.21. The van der Waals surface area contributed by atoms with E-state index in [4.69, 9.17) is 21.4 Å². The summed E-state index contributed by atoms with van der Waals surface area (Å²) < 4.78 is 45.6. The van der Waals surface area contributed by atoms with Crippen LogP contribution in [0, 0.1) is 0 Å². The molecule has 2 rings (SSSR count). The molecule has 1 fully saturated rings. The van der Waals surface area contributed by atoms with Gasteiger partial charge < -0.3 is 9.84 Å². The Morgan fingerprint density at radius 3 is 2.46 bits per heavy atom. The van der Waals surface area contributed by atoms with E-state index in [0.717, 1.165) is 7.11 Å². The summed E-state index contributed by atoms with van der Waals surface area (Å²) in [7, 11) is 1.16. The predicted molar refractivity (Wildman–Crippen MR) is 96.3 cm³/mol. The van der Waals surface area contributed by atoms with Gasteiger partial charge >= 0.3 is 12.1 Å². The first-order valence-electron chi connectivity index (χ1n) is 8.10. The smallest absolute Gasteiger partial charge is 0.398 e. The number of hydrazone groups is 1. The zero-order chi connectivity index (χ0) is 21.3. The number of alkyl halides is 3. The summed E-state index contributed by atoms with van der Waals surface area (Å²) in [6.45, 7) is 6.82. The van der Waals surface area contributed by atoms with Gasteiger partial charge in [0.2, 0.25) is 0 Å². The lowest BCUT2D eigenvalue weighted by Crippen LogP contribution is -2.34. The topological polar surface area (TPSA) is 79.2 Å². The fourth-order valence-electron chi connectivity index (χ4n) is 2.96. The molecule has 28 heavy (non-hydrogen) atoms. The lowest BCUT2D eigenvalue weighted by Gasteiger charge is -2.26. The molecule has 10 heteroatoms. The minimum absolute atomic E-state index is 0.114. The number of hydrogen-bond donors (Lipinski definition) is 1. The number of carbonyl (C=O) groups is 2. The van der Waals surface area contributed by atoms with Gasteiger partial charge in [0, 0.05) is 25.9 Å². The first kappa shape index (κ1) is 21.9. The van der Waals surface area contributed by atoms with Crippen LogP contribution in [-0.2, 0) is 14.9 Å². The quantitative estimate of drug-likeness (QED) is 0.511. The monoisotopic (exact) mass is 418 g/mol. The highest BCUT2D eigenvalue weighted by Gasteiger charge is 2.65. The summed E-state index contributed by atoms with van der Waals surface area (Å²) in [4.78, 5) is 24.1. The van der Waals surface area contributed by atoms with Crippen LogP contribution >= 0.6 is 11.6 Å². The highest BCUT2D eigenvalue weighted by atomic mass is 35.5. The van der Waals surface area contributed by atoms with Crippen LogP contribution in [0.25, 0.3) is 0 Å². The second-order valence-electron chi connectivity index (χ2n) is 6.33. The fraction of sp³-hybridized carbons (Fsp3) is 0.389. The average molecular weight is 419 g/mol. The van der Waals surface area contributed by atoms with Crippen molar-refractivity contribution in [3.8, 4) is 0 Å². The molecule has 1 unspecified atom stereocenters. The first-order valence-corrected chi connectivity index (χ1v) is 8.48. The summed E-state index contributed by atoms with van der Waals surface area (Å²) in [5, 5.41) is 13.0. The summed E-state index contributed by atoms with van der Waals surface area (Å²) >= 11 is 6.07. The van der Waals surface area contributed by atoms with E-state index in [0.29, 0.717) is 5.01 Å². The zero-order valence-electron chi connectivity index (χ0n) is 14.9. The molecule has 0 radical (unpaired) electrons. The van der Waals surface area contributed by atoms with Crippen LogP contribution in [0.15, 0.2) is 35.6 Å². The molecule has 0 saturated heterocycles. The number of carbonyl (C=O) groups excluding carboxylic acids is 1. The van der Waals surface area contributed by atoms with E-state index in [1.807, 2.05) is 0 Å². The van der Waals surface area contributed by atoms with Crippen LogP contribution in [0.1, 0.15) is 35.2 Å². The highest BCUT2D eigenvalue weighted by molar-refractivity contribution is 6.34. The van der Waals surface area contributed by atoms with Crippen molar-refractivity contribution in [2.75, 3.05) is 7.11 Å². The van der Waals surface area contributed by atoms with E-state index in [1.165, 1.54) is 18.2 Å². The molecule has 0 bridgehead atoms. The van der Waals surface area contributed by atoms with Gasteiger partial charge in [-0.15, -0.1) is 0 Å². The Morgan fingerprint density at radius 2 is 2.04 bits per heavy atom. The second kappa shape index (κ2) is 7.92. The Kier molecular flexibility index (Phi) is 6.20. The van der Waals surface area contributed by atoms with Crippen molar-refractivity contribution in [1.29, 1.82) is 0 Å². The van der Waals surface area contributed by atoms with Crippen LogP contribution in [-0.4, -0.2) is 48.1 Å². The maximum absolute atomic E-state index is 13.6. The molecule has 1 aliphatic rings. The Labute approximate surface area is 164 Å². The Bertz CT molecular complexity index is 822. The van der Waals surface area contributed by atoms with E-state index in [9.17, 15) is 22.8 Å². The van der Waals surface area contributed by atoms with Crippen molar-refractivity contribution in [2.24, 2.45) is 5.10 Å². The average Bonchev–Trinajstić information content (AvgIpc) is 3.41. The van der Waals surface area contributed by atoms with Gasteiger partial charge in [-0.3, -0.25) is 4.79 Å². The van der Waals surface area contributed by atoms with Crippen LogP contribution in [0.4, 0.5) is 13.2 Å². The van der Waals surface area contributed by atoms with Crippen LogP contribution in [0.5, 0.6) is 0 Å². The van der Waals surface area contributed by atoms with Gasteiger partial charge in [-0.2, -0.15) is 18.3 Å². The molecule has 1 aromatic carbocycles. The lowest BCUT2D eigenvalue weighted by atomic mass is 9.90. The number of carboxylic acids is 1. The summed E-state index contributed by atoms with van der Waals surface area (Å²) in [6, 6.07) is 3.84. The number of methoxy groups -OCH3 is 1.